The molecule has 21 heavy (non-hydrogen) atoms. The molecular weight excluding hydrogens is 267 g/mol. The molecule has 0 spiro atoms. The van der Waals surface area contributed by atoms with Gasteiger partial charge in [-0.05, 0) is 39.8 Å². The molecule has 0 aromatic carbocycles. The lowest BCUT2D eigenvalue weighted by Gasteiger charge is -2.32. The van der Waals surface area contributed by atoms with Crippen LogP contribution in [0.25, 0.3) is 11.0 Å². The average molecular weight is 286 g/mol. The number of fused-ring (bicyclic) bond motifs is 1. The summed E-state index contributed by atoms with van der Waals surface area (Å²) in [6.07, 6.45) is 1.78. The Balaban J connectivity index is 1.98. The van der Waals surface area contributed by atoms with Crippen LogP contribution in [0, 0.1) is 0 Å². The highest BCUT2D eigenvalue weighted by Gasteiger charge is 2.51. The minimum atomic E-state index is -0.431. The Morgan fingerprint density at radius 3 is 2.33 bits per heavy atom. The summed E-state index contributed by atoms with van der Waals surface area (Å²) in [5, 5.41) is 0. The fourth-order valence-electron chi connectivity index (χ4n) is 2.23. The van der Waals surface area contributed by atoms with Crippen molar-refractivity contribution in [1.29, 1.82) is 0 Å². The van der Waals surface area contributed by atoms with Gasteiger partial charge in [-0.1, -0.05) is 0 Å². The minimum absolute atomic E-state index is 0.367. The maximum absolute atomic E-state index is 6.03. The van der Waals surface area contributed by atoms with Gasteiger partial charge in [-0.3, -0.25) is 4.98 Å². The Hall–Kier alpha value is -1.66. The summed E-state index contributed by atoms with van der Waals surface area (Å²) in [5.74, 6) is 0.565. The molecule has 1 fully saturated rings. The topological polar surface area (TPSA) is 53.5 Å². The average Bonchev–Trinajstić information content (AvgIpc) is 2.66. The van der Waals surface area contributed by atoms with E-state index in [1.807, 2.05) is 39.8 Å². The van der Waals surface area contributed by atoms with Gasteiger partial charge in [-0.2, -0.15) is 0 Å². The second-order valence-electron chi connectivity index (χ2n) is 6.25. The van der Waals surface area contributed by atoms with Crippen molar-refractivity contribution < 1.29 is 14.0 Å². The van der Waals surface area contributed by atoms with Crippen LogP contribution in [-0.2, 0) is 9.31 Å². The van der Waals surface area contributed by atoms with Crippen molar-refractivity contribution in [3.63, 3.8) is 0 Å². The van der Waals surface area contributed by atoms with Gasteiger partial charge in [0.1, 0.15) is 0 Å². The van der Waals surface area contributed by atoms with Crippen molar-refractivity contribution in [3.05, 3.63) is 24.4 Å². The van der Waals surface area contributed by atoms with Crippen molar-refractivity contribution in [2.75, 3.05) is 7.11 Å². The largest absolute Gasteiger partial charge is 0.496 e. The highest BCUT2D eigenvalue weighted by Crippen LogP contribution is 2.36. The van der Waals surface area contributed by atoms with E-state index in [9.17, 15) is 0 Å². The molecule has 5 nitrogen and oxygen atoms in total. The van der Waals surface area contributed by atoms with Gasteiger partial charge in [-0.25, -0.2) is 4.98 Å². The van der Waals surface area contributed by atoms with Crippen molar-refractivity contribution in [3.8, 4) is 5.88 Å². The zero-order valence-corrected chi connectivity index (χ0v) is 13.0. The number of aromatic nitrogens is 2. The zero-order valence-electron chi connectivity index (χ0n) is 13.0. The molecule has 0 unspecified atom stereocenters. The van der Waals surface area contributed by atoms with Crippen LogP contribution in [0.1, 0.15) is 27.7 Å². The first kappa shape index (κ1) is 14.3. The summed E-state index contributed by atoms with van der Waals surface area (Å²) >= 11 is 0. The predicted molar refractivity (Wildman–Crippen MR) is 81.8 cm³/mol. The number of methoxy groups -OCH3 is 1. The number of hydrogen-bond donors (Lipinski definition) is 0. The normalized spacial score (nSPS) is 20.0. The Morgan fingerprint density at radius 1 is 1.05 bits per heavy atom. The second-order valence-corrected chi connectivity index (χ2v) is 6.25. The first-order chi connectivity index (χ1) is 9.82. The molecule has 110 valence electrons. The summed E-state index contributed by atoms with van der Waals surface area (Å²) in [7, 11) is 1.17. The van der Waals surface area contributed by atoms with Crippen LogP contribution in [0.5, 0.6) is 5.88 Å². The molecule has 0 bridgehead atoms. The number of nitrogens with zero attached hydrogens (tertiary/aromatic N) is 2. The molecule has 3 rings (SSSR count). The van der Waals surface area contributed by atoms with Gasteiger partial charge in [0.05, 0.1) is 29.3 Å². The number of rotatable bonds is 2. The van der Waals surface area contributed by atoms with E-state index >= 15 is 0 Å². The number of hydrogen-bond acceptors (Lipinski definition) is 5. The van der Waals surface area contributed by atoms with Gasteiger partial charge in [-0.15, -0.1) is 0 Å². The van der Waals surface area contributed by atoms with E-state index in [1.54, 1.807) is 19.4 Å². The summed E-state index contributed by atoms with van der Waals surface area (Å²) in [6.45, 7) is 8.12. The molecular formula is C15H19BN2O3. The van der Waals surface area contributed by atoms with Crippen LogP contribution in [0.3, 0.4) is 0 Å². The molecule has 2 aromatic heterocycles. The van der Waals surface area contributed by atoms with Crippen LogP contribution >= 0.6 is 0 Å². The standard InChI is InChI=1S/C15H19BN2O3/c1-14(2)15(3,4)21-16(20-14)10-8-12-11(17-9-10)6-7-13(18-12)19-5/h6-9H,1-5H3. The Bertz CT molecular complexity index is 672. The lowest BCUT2D eigenvalue weighted by molar-refractivity contribution is 0.00578. The third-order valence-electron chi connectivity index (χ3n) is 4.27. The molecule has 1 aliphatic heterocycles. The van der Waals surface area contributed by atoms with Crippen molar-refractivity contribution >= 4 is 23.6 Å². The summed E-state index contributed by atoms with van der Waals surface area (Å²) in [4.78, 5) is 8.82. The Labute approximate surface area is 124 Å². The first-order valence-corrected chi connectivity index (χ1v) is 6.99. The predicted octanol–water partition coefficient (Wildman–Crippen LogP) is 1.94. The molecule has 0 saturated carbocycles. The Kier molecular flexibility index (Phi) is 3.18. The fraction of sp³-hybridized carbons (Fsp3) is 0.467. The summed E-state index contributed by atoms with van der Waals surface area (Å²) in [6, 6.07) is 5.62. The monoisotopic (exact) mass is 286 g/mol. The van der Waals surface area contributed by atoms with E-state index in [4.69, 9.17) is 14.0 Å². The summed E-state index contributed by atoms with van der Waals surface area (Å²) in [5.41, 5.74) is 1.71. The molecule has 6 heteroatoms. The van der Waals surface area contributed by atoms with Crippen molar-refractivity contribution in [1.82, 2.24) is 9.97 Å². The fourth-order valence-corrected chi connectivity index (χ4v) is 2.23. The molecule has 0 aliphatic carbocycles. The Morgan fingerprint density at radius 2 is 1.71 bits per heavy atom. The molecule has 0 atom stereocenters. The first-order valence-electron chi connectivity index (χ1n) is 6.99. The summed E-state index contributed by atoms with van der Waals surface area (Å²) < 4.78 is 17.2. The molecule has 0 amide bonds. The van der Waals surface area contributed by atoms with E-state index in [2.05, 4.69) is 9.97 Å². The van der Waals surface area contributed by atoms with Crippen molar-refractivity contribution in [2.45, 2.75) is 38.9 Å². The smallest absolute Gasteiger partial charge is 0.481 e. The maximum atomic E-state index is 6.03. The SMILES string of the molecule is COc1ccc2ncc(B3OC(C)(C)C(C)(C)O3)cc2n1. The van der Waals surface area contributed by atoms with E-state index in [1.165, 1.54) is 0 Å². The molecule has 2 aromatic rings. The van der Waals surface area contributed by atoms with Crippen LogP contribution in [-0.4, -0.2) is 35.4 Å². The highest BCUT2D eigenvalue weighted by molar-refractivity contribution is 6.62. The zero-order chi connectivity index (χ0) is 15.3. The van der Waals surface area contributed by atoms with Crippen LogP contribution in [0.15, 0.2) is 24.4 Å². The van der Waals surface area contributed by atoms with Gasteiger partial charge in [0.15, 0.2) is 0 Å². The lowest BCUT2D eigenvalue weighted by Crippen LogP contribution is -2.41. The highest BCUT2D eigenvalue weighted by atomic mass is 16.7. The maximum Gasteiger partial charge on any atom is 0.496 e. The number of pyridine rings is 2. The van der Waals surface area contributed by atoms with Gasteiger partial charge < -0.3 is 14.0 Å². The van der Waals surface area contributed by atoms with E-state index in [-0.39, 0.29) is 11.2 Å². The van der Waals surface area contributed by atoms with E-state index < -0.39 is 7.12 Å². The second kappa shape index (κ2) is 4.68. The molecule has 1 aliphatic rings. The van der Waals surface area contributed by atoms with E-state index in [0.29, 0.717) is 5.88 Å². The third kappa shape index (κ3) is 2.38. The third-order valence-corrected chi connectivity index (χ3v) is 4.27. The minimum Gasteiger partial charge on any atom is -0.481 e. The molecule has 1 saturated heterocycles. The van der Waals surface area contributed by atoms with Gasteiger partial charge in [0.25, 0.3) is 0 Å². The van der Waals surface area contributed by atoms with Gasteiger partial charge >= 0.3 is 7.12 Å². The van der Waals surface area contributed by atoms with Gasteiger partial charge in [0, 0.05) is 17.7 Å². The lowest BCUT2D eigenvalue weighted by atomic mass is 9.80. The van der Waals surface area contributed by atoms with Crippen LogP contribution in [0.4, 0.5) is 0 Å². The molecule has 0 radical (unpaired) electrons. The van der Waals surface area contributed by atoms with E-state index in [0.717, 1.165) is 16.5 Å². The van der Waals surface area contributed by atoms with Crippen LogP contribution in [0.2, 0.25) is 0 Å². The molecule has 0 N–H and O–H groups in total. The molecule has 3 heterocycles. The van der Waals surface area contributed by atoms with Crippen LogP contribution < -0.4 is 10.2 Å². The quantitative estimate of drug-likeness (QED) is 0.790. The van der Waals surface area contributed by atoms with Crippen molar-refractivity contribution in [2.24, 2.45) is 0 Å². The van der Waals surface area contributed by atoms with Gasteiger partial charge in [0.2, 0.25) is 5.88 Å². The number of ether oxygens (including phenoxy) is 1.